The quantitative estimate of drug-likeness (QED) is 0.314. The normalized spacial score (nSPS) is 31.0. The summed E-state index contributed by atoms with van der Waals surface area (Å²) in [5, 5.41) is 16.0. The number of thioether (sulfide) groups is 1. The fourth-order valence-electron chi connectivity index (χ4n) is 5.97. The molecular weight excluding hydrogens is 572 g/mol. The number of carbonyl (C=O) groups is 4. The summed E-state index contributed by atoms with van der Waals surface area (Å²) in [4.78, 5) is 60.8. The van der Waals surface area contributed by atoms with E-state index in [1.165, 1.54) is 23.6 Å². The number of esters is 1. The van der Waals surface area contributed by atoms with Gasteiger partial charge in [0.15, 0.2) is 0 Å². The van der Waals surface area contributed by atoms with Gasteiger partial charge in [-0.25, -0.2) is 4.79 Å². The number of amides is 3. The van der Waals surface area contributed by atoms with Crippen molar-refractivity contribution in [1.82, 2.24) is 15.5 Å². The minimum Gasteiger partial charge on any atom is -0.459 e. The lowest BCUT2D eigenvalue weighted by atomic mass is 9.77. The van der Waals surface area contributed by atoms with E-state index < -0.39 is 53.0 Å². The van der Waals surface area contributed by atoms with Gasteiger partial charge < -0.3 is 30.1 Å². The van der Waals surface area contributed by atoms with Crippen LogP contribution < -0.4 is 10.6 Å². The van der Waals surface area contributed by atoms with Crippen LogP contribution in [0.3, 0.4) is 0 Å². The largest absolute Gasteiger partial charge is 0.459 e. The third-order valence-corrected chi connectivity index (χ3v) is 10.3. The maximum absolute atomic E-state index is 13.8. The van der Waals surface area contributed by atoms with Crippen LogP contribution >= 0.6 is 11.8 Å². The lowest BCUT2D eigenvalue weighted by molar-refractivity contribution is -0.167. The van der Waals surface area contributed by atoms with Crippen LogP contribution in [0.2, 0.25) is 0 Å². The summed E-state index contributed by atoms with van der Waals surface area (Å²) in [5.41, 5.74) is -2.27. The molecule has 0 aromatic carbocycles. The van der Waals surface area contributed by atoms with Gasteiger partial charge in [0.1, 0.15) is 23.7 Å². The van der Waals surface area contributed by atoms with Crippen molar-refractivity contribution in [2.75, 3.05) is 26.5 Å². The lowest BCUT2D eigenvalue weighted by Gasteiger charge is -2.38. The van der Waals surface area contributed by atoms with Crippen molar-refractivity contribution < 1.29 is 33.8 Å². The van der Waals surface area contributed by atoms with Crippen LogP contribution in [0.15, 0.2) is 4.99 Å². The Morgan fingerprint density at radius 3 is 2.28 bits per heavy atom. The third kappa shape index (κ3) is 8.94. The molecule has 0 aliphatic carbocycles. The molecule has 0 fully saturated rings. The Labute approximate surface area is 261 Å². The Balaban J connectivity index is 2.54. The number of nitrogens with zero attached hydrogens (tertiary/aromatic N) is 2. The van der Waals surface area contributed by atoms with Crippen LogP contribution in [-0.4, -0.2) is 101 Å². The maximum Gasteiger partial charge on any atom is 0.328 e. The molecule has 2 aliphatic rings. The second-order valence-electron chi connectivity index (χ2n) is 13.1. The van der Waals surface area contributed by atoms with E-state index in [1.807, 2.05) is 13.8 Å². The number of hydrogen-bond acceptors (Lipinski definition) is 9. The Kier molecular flexibility index (Phi) is 13.5. The van der Waals surface area contributed by atoms with Gasteiger partial charge in [0.25, 0.3) is 5.91 Å². The highest BCUT2D eigenvalue weighted by atomic mass is 32.2. The van der Waals surface area contributed by atoms with Crippen molar-refractivity contribution in [2.45, 2.75) is 123 Å². The summed E-state index contributed by atoms with van der Waals surface area (Å²) < 4.78 is 11.7. The van der Waals surface area contributed by atoms with E-state index in [1.54, 1.807) is 41.9 Å². The molecule has 11 nitrogen and oxygen atoms in total. The third-order valence-electron chi connectivity index (χ3n) is 8.82. The molecule has 3 N–H and O–H groups in total. The Hall–Kier alpha value is -2.18. The van der Waals surface area contributed by atoms with Gasteiger partial charge in [-0.2, -0.15) is 0 Å². The monoisotopic (exact) mass is 626 g/mol. The van der Waals surface area contributed by atoms with Crippen molar-refractivity contribution in [3.8, 4) is 0 Å². The molecule has 0 radical (unpaired) electrons. The number of hydrogen-bond donors (Lipinski definition) is 3. The molecule has 8 unspecified atom stereocenters. The summed E-state index contributed by atoms with van der Waals surface area (Å²) in [6.07, 6.45) is 2.85. The first-order chi connectivity index (χ1) is 20.0. The molecule has 2 heterocycles. The van der Waals surface area contributed by atoms with Crippen molar-refractivity contribution >= 4 is 40.5 Å². The second kappa shape index (κ2) is 15.7. The molecule has 0 saturated heterocycles. The summed E-state index contributed by atoms with van der Waals surface area (Å²) >= 11 is 1.40. The lowest BCUT2D eigenvalue weighted by Crippen LogP contribution is -2.58. The zero-order valence-electron chi connectivity index (χ0n) is 27.7. The molecule has 2 rings (SSSR count). The van der Waals surface area contributed by atoms with E-state index in [0.29, 0.717) is 17.2 Å². The second-order valence-corrected chi connectivity index (χ2v) is 14.1. The predicted octanol–water partition coefficient (Wildman–Crippen LogP) is 2.93. The number of fused-ring (bicyclic) bond motifs is 1. The van der Waals surface area contributed by atoms with Crippen LogP contribution in [0.5, 0.6) is 0 Å². The Morgan fingerprint density at radius 1 is 1.05 bits per heavy atom. The van der Waals surface area contributed by atoms with Gasteiger partial charge in [0, 0.05) is 26.5 Å². The first-order valence-corrected chi connectivity index (χ1v) is 16.5. The first kappa shape index (κ1) is 37.0. The van der Waals surface area contributed by atoms with Gasteiger partial charge >= 0.3 is 5.97 Å². The molecule has 43 heavy (non-hydrogen) atoms. The number of carbonyl (C=O) groups excluding carboxylic acids is 4. The first-order valence-electron chi connectivity index (χ1n) is 15.5. The average Bonchev–Trinajstić information content (AvgIpc) is 3.35. The van der Waals surface area contributed by atoms with Crippen molar-refractivity contribution in [1.29, 1.82) is 0 Å². The van der Waals surface area contributed by atoms with E-state index in [4.69, 9.17) is 14.5 Å². The molecule has 0 saturated carbocycles. The smallest absolute Gasteiger partial charge is 0.328 e. The molecular formula is C31H54N4O7S. The number of aliphatic hydroxyl groups excluding tert-OH is 1. The van der Waals surface area contributed by atoms with Gasteiger partial charge in [-0.05, 0) is 72.1 Å². The zero-order valence-corrected chi connectivity index (χ0v) is 28.5. The molecule has 12 heteroatoms. The van der Waals surface area contributed by atoms with Crippen molar-refractivity contribution in [2.24, 2.45) is 22.2 Å². The van der Waals surface area contributed by atoms with Crippen LogP contribution in [0.4, 0.5) is 0 Å². The molecule has 2 aliphatic heterocycles. The molecule has 0 aromatic rings. The number of methoxy groups -OCH3 is 1. The molecule has 2 bridgehead atoms. The Morgan fingerprint density at radius 2 is 1.70 bits per heavy atom. The maximum atomic E-state index is 13.8. The van der Waals surface area contributed by atoms with Crippen LogP contribution in [0.1, 0.15) is 87.5 Å². The number of aliphatic hydroxyl groups is 1. The SMILES string of the molecule is CCCC(CCC(C)C1OC(=O)C(C)NC(=O)C(C(C)CCO)N(C)C(=O)C2(C)CSC(=N2)C(C)NC(=O)C1(C)C)OC. The van der Waals surface area contributed by atoms with Crippen LogP contribution in [0, 0.1) is 17.3 Å². The van der Waals surface area contributed by atoms with E-state index in [9.17, 15) is 24.3 Å². The summed E-state index contributed by atoms with van der Waals surface area (Å²) in [7, 11) is 3.24. The van der Waals surface area contributed by atoms with E-state index in [2.05, 4.69) is 17.6 Å². The van der Waals surface area contributed by atoms with Crippen molar-refractivity contribution in [3.05, 3.63) is 0 Å². The number of rotatable bonds is 10. The minimum absolute atomic E-state index is 0.0637. The van der Waals surface area contributed by atoms with Crippen molar-refractivity contribution in [3.63, 3.8) is 0 Å². The standard InChI is InChI=1S/C31H54N4O7S/c1-11-12-22(41-10)14-13-19(3)24-30(6,7)28(39)33-20(4)26-34-31(8,17-43-26)29(40)35(9)23(18(2)15-16-36)25(37)32-21(5)27(38)42-24/h18-24,36H,11-17H2,1-10H3,(H,32,37)(H,33,39). The van der Waals surface area contributed by atoms with E-state index in [-0.39, 0.29) is 36.9 Å². The minimum atomic E-state index is -1.14. The topological polar surface area (TPSA) is 147 Å². The highest BCUT2D eigenvalue weighted by Crippen LogP contribution is 2.35. The Bertz CT molecular complexity index is 1040. The van der Waals surface area contributed by atoms with Gasteiger partial charge in [-0.3, -0.25) is 19.4 Å². The highest BCUT2D eigenvalue weighted by Gasteiger charge is 2.47. The van der Waals surface area contributed by atoms with Gasteiger partial charge in [-0.1, -0.05) is 27.2 Å². The molecule has 8 atom stereocenters. The van der Waals surface area contributed by atoms with Crippen LogP contribution in [-0.2, 0) is 28.7 Å². The van der Waals surface area contributed by atoms with E-state index >= 15 is 0 Å². The van der Waals surface area contributed by atoms with Gasteiger partial charge in [-0.15, -0.1) is 11.8 Å². The summed E-state index contributed by atoms with van der Waals surface area (Å²) in [6, 6.07) is -2.48. The predicted molar refractivity (Wildman–Crippen MR) is 169 cm³/mol. The average molecular weight is 627 g/mol. The molecule has 0 aromatic heterocycles. The molecule has 0 spiro atoms. The fraction of sp³-hybridized carbons (Fsp3) is 0.839. The molecule has 246 valence electrons. The number of nitrogens with one attached hydrogen (secondary N) is 2. The number of likely N-dealkylation sites (N-methyl/N-ethyl adjacent to an activating group) is 1. The molecule has 3 amide bonds. The number of aliphatic imine (C=N–C) groups is 1. The summed E-state index contributed by atoms with van der Waals surface area (Å²) in [5.74, 6) is -2.09. The highest BCUT2D eigenvalue weighted by molar-refractivity contribution is 8.14. The number of cyclic esters (lactones) is 1. The fourth-order valence-corrected chi connectivity index (χ4v) is 7.16. The van der Waals surface area contributed by atoms with Crippen LogP contribution in [0.25, 0.3) is 0 Å². The van der Waals surface area contributed by atoms with E-state index in [0.717, 1.165) is 19.3 Å². The van der Waals surface area contributed by atoms with Gasteiger partial charge in [0.2, 0.25) is 11.8 Å². The summed E-state index contributed by atoms with van der Waals surface area (Å²) in [6.45, 7) is 14.3. The number of ether oxygens (including phenoxy) is 2. The zero-order chi connectivity index (χ0) is 32.7. The van der Waals surface area contributed by atoms with Gasteiger partial charge in [0.05, 0.1) is 22.6 Å².